The topological polar surface area (TPSA) is 12.0 Å². The number of benzene rings is 1. The van der Waals surface area contributed by atoms with E-state index in [2.05, 4.69) is 18.8 Å². The normalized spacial score (nSPS) is 12.3. The van der Waals surface area contributed by atoms with Gasteiger partial charge in [-0.25, -0.2) is 4.39 Å². The minimum absolute atomic E-state index is 0.206. The molecule has 1 nitrogen and oxygen atoms in total. The number of hydrogen-bond donors (Lipinski definition) is 1. The molecule has 0 aromatic heterocycles. The smallest absolute Gasteiger partial charge is 0.141 e. The monoisotopic (exact) mass is 297 g/mol. The maximum Gasteiger partial charge on any atom is 0.141 e. The number of rotatable bonds is 10. The molecule has 1 N–H and O–H groups in total. The summed E-state index contributed by atoms with van der Waals surface area (Å²) in [7, 11) is 0. The third-order valence-corrected chi connectivity index (χ3v) is 3.68. The number of unbranched alkanes of at least 4 members (excludes halogenated alkanes) is 3. The van der Waals surface area contributed by atoms with Crippen molar-refractivity contribution in [3.63, 3.8) is 0 Å². The number of halogens is 2. The molecule has 0 saturated heterocycles. The fraction of sp³-hybridized carbons (Fsp3) is 0.529. The van der Waals surface area contributed by atoms with Gasteiger partial charge in [-0.15, -0.1) is 6.58 Å². The van der Waals surface area contributed by atoms with Crippen LogP contribution in [0.1, 0.15) is 57.1 Å². The van der Waals surface area contributed by atoms with Crippen molar-refractivity contribution in [2.45, 2.75) is 51.5 Å². The molecule has 1 aromatic rings. The molecule has 0 fully saturated rings. The Balaban J connectivity index is 2.57. The molecule has 0 aliphatic heterocycles. The van der Waals surface area contributed by atoms with Crippen LogP contribution in [0.3, 0.4) is 0 Å². The summed E-state index contributed by atoms with van der Waals surface area (Å²) in [5.41, 5.74) is 1.08. The second-order valence-electron chi connectivity index (χ2n) is 5.11. The highest BCUT2D eigenvalue weighted by atomic mass is 35.5. The molecule has 3 heteroatoms. The van der Waals surface area contributed by atoms with Gasteiger partial charge in [-0.2, -0.15) is 0 Å². The zero-order chi connectivity index (χ0) is 14.8. The molecule has 0 amide bonds. The lowest BCUT2D eigenvalue weighted by Gasteiger charge is -2.19. The lowest BCUT2D eigenvalue weighted by Crippen LogP contribution is -2.22. The molecule has 0 bridgehead atoms. The summed E-state index contributed by atoms with van der Waals surface area (Å²) in [4.78, 5) is 0. The highest BCUT2D eigenvalue weighted by Crippen LogP contribution is 2.24. The second kappa shape index (κ2) is 9.95. The molecular weight excluding hydrogens is 273 g/mol. The summed E-state index contributed by atoms with van der Waals surface area (Å²) in [5, 5.41) is 3.73. The van der Waals surface area contributed by atoms with Crippen molar-refractivity contribution in [3.8, 4) is 0 Å². The summed E-state index contributed by atoms with van der Waals surface area (Å²) in [5.74, 6) is -0.351. The van der Waals surface area contributed by atoms with E-state index in [0.717, 1.165) is 37.8 Å². The van der Waals surface area contributed by atoms with Gasteiger partial charge in [-0.05, 0) is 49.9 Å². The van der Waals surface area contributed by atoms with E-state index in [-0.39, 0.29) is 16.9 Å². The van der Waals surface area contributed by atoms with Crippen molar-refractivity contribution in [1.29, 1.82) is 0 Å². The average molecular weight is 298 g/mol. The second-order valence-corrected chi connectivity index (χ2v) is 5.51. The number of allylic oxidation sites excluding steroid dienone is 1. The fourth-order valence-electron chi connectivity index (χ4n) is 2.25. The largest absolute Gasteiger partial charge is 0.310 e. The van der Waals surface area contributed by atoms with Crippen LogP contribution in [-0.2, 0) is 0 Å². The molecule has 0 radical (unpaired) electrons. The van der Waals surface area contributed by atoms with Crippen molar-refractivity contribution < 1.29 is 4.39 Å². The molecule has 0 spiro atoms. The quantitative estimate of drug-likeness (QED) is 0.434. The van der Waals surface area contributed by atoms with Crippen molar-refractivity contribution in [2.24, 2.45) is 0 Å². The third-order valence-electron chi connectivity index (χ3n) is 3.39. The molecule has 1 unspecified atom stereocenters. The lowest BCUT2D eigenvalue weighted by atomic mass is 9.99. The van der Waals surface area contributed by atoms with Crippen LogP contribution in [-0.4, -0.2) is 6.54 Å². The minimum Gasteiger partial charge on any atom is -0.310 e. The molecule has 1 atom stereocenters. The molecular formula is C17H25ClFN. The van der Waals surface area contributed by atoms with Crippen LogP contribution in [0.4, 0.5) is 4.39 Å². The first-order valence-electron chi connectivity index (χ1n) is 7.48. The van der Waals surface area contributed by atoms with Crippen LogP contribution in [0.5, 0.6) is 0 Å². The first-order chi connectivity index (χ1) is 9.69. The van der Waals surface area contributed by atoms with E-state index in [1.54, 1.807) is 6.07 Å². The Kier molecular flexibility index (Phi) is 8.56. The van der Waals surface area contributed by atoms with Crippen molar-refractivity contribution in [3.05, 3.63) is 47.3 Å². The Morgan fingerprint density at radius 1 is 1.35 bits per heavy atom. The molecule has 20 heavy (non-hydrogen) atoms. The molecule has 1 aromatic carbocycles. The molecule has 0 aliphatic carbocycles. The summed E-state index contributed by atoms with van der Waals surface area (Å²) < 4.78 is 13.2. The first-order valence-corrected chi connectivity index (χ1v) is 7.86. The summed E-state index contributed by atoms with van der Waals surface area (Å²) in [6.07, 6.45) is 8.73. The Hall–Kier alpha value is -0.860. The van der Waals surface area contributed by atoms with Gasteiger partial charge in [0.2, 0.25) is 0 Å². The average Bonchev–Trinajstić information content (AvgIpc) is 2.45. The SMILES string of the molecule is C=CCCCCCC(NCCC)c1ccc(F)c(Cl)c1. The predicted molar refractivity (Wildman–Crippen MR) is 85.7 cm³/mol. The van der Waals surface area contributed by atoms with Gasteiger partial charge >= 0.3 is 0 Å². The third kappa shape index (κ3) is 6.06. The van der Waals surface area contributed by atoms with Gasteiger partial charge in [-0.3, -0.25) is 0 Å². The van der Waals surface area contributed by atoms with Crippen LogP contribution < -0.4 is 5.32 Å². The predicted octanol–water partition coefficient (Wildman–Crippen LogP) is 5.66. The lowest BCUT2D eigenvalue weighted by molar-refractivity contribution is 0.471. The zero-order valence-electron chi connectivity index (χ0n) is 12.3. The molecule has 0 saturated carbocycles. The fourth-order valence-corrected chi connectivity index (χ4v) is 2.44. The molecule has 1 rings (SSSR count). The van der Waals surface area contributed by atoms with Crippen LogP contribution >= 0.6 is 11.6 Å². The van der Waals surface area contributed by atoms with Crippen LogP contribution in [0.25, 0.3) is 0 Å². The maximum absolute atomic E-state index is 13.2. The highest BCUT2D eigenvalue weighted by Gasteiger charge is 2.12. The van der Waals surface area contributed by atoms with Crippen molar-refractivity contribution in [1.82, 2.24) is 5.32 Å². The van der Waals surface area contributed by atoms with Crippen LogP contribution in [0.2, 0.25) is 5.02 Å². The van der Waals surface area contributed by atoms with E-state index in [1.165, 1.54) is 18.9 Å². The summed E-state index contributed by atoms with van der Waals surface area (Å²) in [6.45, 7) is 6.85. The number of hydrogen-bond acceptors (Lipinski definition) is 1. The van der Waals surface area contributed by atoms with E-state index in [1.807, 2.05) is 12.1 Å². The summed E-state index contributed by atoms with van der Waals surface area (Å²) in [6, 6.07) is 5.29. The Morgan fingerprint density at radius 3 is 2.80 bits per heavy atom. The van der Waals surface area contributed by atoms with Crippen LogP contribution in [0, 0.1) is 5.82 Å². The minimum atomic E-state index is -0.351. The Bertz CT molecular complexity index is 406. The van der Waals surface area contributed by atoms with Crippen molar-refractivity contribution in [2.75, 3.05) is 6.54 Å². The van der Waals surface area contributed by atoms with Crippen molar-refractivity contribution >= 4 is 11.6 Å². The molecule has 112 valence electrons. The van der Waals surface area contributed by atoms with E-state index in [4.69, 9.17) is 11.6 Å². The Morgan fingerprint density at radius 2 is 2.15 bits per heavy atom. The van der Waals surface area contributed by atoms with Gasteiger partial charge in [-0.1, -0.05) is 43.5 Å². The van der Waals surface area contributed by atoms with Crippen LogP contribution in [0.15, 0.2) is 30.9 Å². The van der Waals surface area contributed by atoms with Gasteiger partial charge in [0, 0.05) is 6.04 Å². The van der Waals surface area contributed by atoms with E-state index >= 15 is 0 Å². The Labute approximate surface area is 127 Å². The number of nitrogens with one attached hydrogen (secondary N) is 1. The van der Waals surface area contributed by atoms with E-state index < -0.39 is 0 Å². The van der Waals surface area contributed by atoms with Gasteiger partial charge in [0.1, 0.15) is 5.82 Å². The van der Waals surface area contributed by atoms with Gasteiger partial charge in [0.25, 0.3) is 0 Å². The maximum atomic E-state index is 13.2. The van der Waals surface area contributed by atoms with Gasteiger partial charge in [0.15, 0.2) is 0 Å². The molecule has 0 heterocycles. The van der Waals surface area contributed by atoms with E-state index in [0.29, 0.717) is 0 Å². The first kappa shape index (κ1) is 17.2. The highest BCUT2D eigenvalue weighted by molar-refractivity contribution is 6.30. The molecule has 0 aliphatic rings. The standard InChI is InChI=1S/C17H25ClFN/c1-3-5-6-7-8-9-17(20-12-4-2)14-10-11-16(19)15(18)13-14/h3,10-11,13,17,20H,1,4-9,12H2,2H3. The summed E-state index contributed by atoms with van der Waals surface area (Å²) >= 11 is 5.88. The van der Waals surface area contributed by atoms with Gasteiger partial charge < -0.3 is 5.32 Å². The van der Waals surface area contributed by atoms with E-state index in [9.17, 15) is 4.39 Å². The zero-order valence-corrected chi connectivity index (χ0v) is 13.1. The van der Waals surface area contributed by atoms with Gasteiger partial charge in [0.05, 0.1) is 5.02 Å².